The first-order chi connectivity index (χ1) is 11.6. The zero-order chi connectivity index (χ0) is 16.7. The van der Waals surface area contributed by atoms with E-state index in [4.69, 9.17) is 9.47 Å². The molecule has 1 aromatic heterocycles. The Morgan fingerprint density at radius 3 is 2.50 bits per heavy atom. The van der Waals surface area contributed by atoms with Gasteiger partial charge in [-0.3, -0.25) is 9.59 Å². The van der Waals surface area contributed by atoms with Gasteiger partial charge in [-0.2, -0.15) is 9.49 Å². The number of carbonyl (C=O) groups excluding carboxylic acids is 2. The monoisotopic (exact) mass is 338 g/mol. The van der Waals surface area contributed by atoms with Crippen LogP contribution >= 0.6 is 0 Å². The standard InChI is InChI=1S/C15H19FN4O4/c16-11-12(17-20-7-9-24-15(11)20)14(22)19-5-3-18(4-6-19)13(21)10-2-1-8-23-10/h10H,1-9H2. The van der Waals surface area contributed by atoms with Crippen molar-refractivity contribution in [3.05, 3.63) is 11.5 Å². The van der Waals surface area contributed by atoms with Crippen molar-refractivity contribution in [1.29, 1.82) is 0 Å². The molecular weight excluding hydrogens is 319 g/mol. The van der Waals surface area contributed by atoms with E-state index in [0.29, 0.717) is 45.9 Å². The molecule has 1 atom stereocenters. The highest BCUT2D eigenvalue weighted by Gasteiger charge is 2.34. The van der Waals surface area contributed by atoms with Crippen LogP contribution in [0.5, 0.6) is 5.88 Å². The lowest BCUT2D eigenvalue weighted by Crippen LogP contribution is -2.53. The average Bonchev–Trinajstić information content (AvgIpc) is 3.33. The van der Waals surface area contributed by atoms with E-state index in [1.165, 1.54) is 9.58 Å². The third kappa shape index (κ3) is 2.52. The van der Waals surface area contributed by atoms with Crippen molar-refractivity contribution in [1.82, 2.24) is 19.6 Å². The van der Waals surface area contributed by atoms with Gasteiger partial charge >= 0.3 is 0 Å². The number of nitrogens with zero attached hydrogens (tertiary/aromatic N) is 4. The molecule has 2 amide bonds. The molecule has 3 aliphatic heterocycles. The minimum atomic E-state index is -0.699. The molecule has 0 radical (unpaired) electrons. The molecule has 1 aromatic rings. The summed E-state index contributed by atoms with van der Waals surface area (Å²) in [5, 5.41) is 4.01. The summed E-state index contributed by atoms with van der Waals surface area (Å²) in [6, 6.07) is 0. The number of piperazine rings is 1. The topological polar surface area (TPSA) is 76.9 Å². The van der Waals surface area contributed by atoms with Crippen molar-refractivity contribution in [2.75, 3.05) is 39.4 Å². The Balaban J connectivity index is 1.39. The molecule has 0 N–H and O–H groups in total. The Hall–Kier alpha value is -2.16. The molecule has 2 saturated heterocycles. The third-order valence-electron chi connectivity index (χ3n) is 4.68. The lowest BCUT2D eigenvalue weighted by Gasteiger charge is -2.35. The quantitative estimate of drug-likeness (QED) is 0.751. The lowest BCUT2D eigenvalue weighted by molar-refractivity contribution is -0.142. The van der Waals surface area contributed by atoms with Crippen molar-refractivity contribution in [3.8, 4) is 5.88 Å². The minimum absolute atomic E-state index is 0.0138. The summed E-state index contributed by atoms with van der Waals surface area (Å²) >= 11 is 0. The SMILES string of the molecule is O=C(c1nn2c(c1F)OCC2)N1CCN(C(=O)C2CCCO2)CC1. The molecule has 9 heteroatoms. The average molecular weight is 338 g/mol. The maximum Gasteiger partial charge on any atom is 0.277 e. The van der Waals surface area contributed by atoms with Gasteiger partial charge in [-0.25, -0.2) is 4.68 Å². The molecular formula is C15H19FN4O4. The molecule has 8 nitrogen and oxygen atoms in total. The number of hydrogen-bond acceptors (Lipinski definition) is 5. The second-order valence-electron chi connectivity index (χ2n) is 6.16. The van der Waals surface area contributed by atoms with E-state index < -0.39 is 11.7 Å². The third-order valence-corrected chi connectivity index (χ3v) is 4.68. The molecule has 4 rings (SSSR count). The van der Waals surface area contributed by atoms with Crippen molar-refractivity contribution in [2.24, 2.45) is 0 Å². The highest BCUT2D eigenvalue weighted by atomic mass is 19.1. The zero-order valence-electron chi connectivity index (χ0n) is 13.2. The van der Waals surface area contributed by atoms with Crippen LogP contribution < -0.4 is 4.74 Å². The fourth-order valence-electron chi connectivity index (χ4n) is 3.34. The van der Waals surface area contributed by atoms with Gasteiger partial charge < -0.3 is 19.3 Å². The number of rotatable bonds is 2. The van der Waals surface area contributed by atoms with Crippen molar-refractivity contribution in [3.63, 3.8) is 0 Å². The van der Waals surface area contributed by atoms with E-state index in [9.17, 15) is 14.0 Å². The number of hydrogen-bond donors (Lipinski definition) is 0. The maximum absolute atomic E-state index is 14.2. The van der Waals surface area contributed by atoms with Crippen LogP contribution in [0.3, 0.4) is 0 Å². The molecule has 4 heterocycles. The van der Waals surface area contributed by atoms with Crippen molar-refractivity contribution in [2.45, 2.75) is 25.5 Å². The summed E-state index contributed by atoms with van der Waals surface area (Å²) in [5.74, 6) is -1.14. The van der Waals surface area contributed by atoms with E-state index in [2.05, 4.69) is 5.10 Å². The Morgan fingerprint density at radius 2 is 1.83 bits per heavy atom. The Labute approximate surface area is 138 Å². The molecule has 130 valence electrons. The summed E-state index contributed by atoms with van der Waals surface area (Å²) < 4.78 is 26.1. The fourth-order valence-corrected chi connectivity index (χ4v) is 3.34. The Morgan fingerprint density at radius 1 is 1.08 bits per heavy atom. The predicted molar refractivity (Wildman–Crippen MR) is 79.1 cm³/mol. The van der Waals surface area contributed by atoms with Crippen molar-refractivity contribution >= 4 is 11.8 Å². The zero-order valence-corrected chi connectivity index (χ0v) is 13.2. The van der Waals surface area contributed by atoms with E-state index >= 15 is 0 Å². The number of aromatic nitrogens is 2. The molecule has 0 bridgehead atoms. The molecule has 1 unspecified atom stereocenters. The van der Waals surface area contributed by atoms with Crippen LogP contribution in [0.25, 0.3) is 0 Å². The summed E-state index contributed by atoms with van der Waals surface area (Å²) in [6.07, 6.45) is 1.31. The predicted octanol–water partition coefficient (Wildman–Crippen LogP) is -0.122. The molecule has 0 aromatic carbocycles. The molecule has 0 spiro atoms. The van der Waals surface area contributed by atoms with E-state index in [1.807, 2.05) is 0 Å². The van der Waals surface area contributed by atoms with Gasteiger partial charge in [0.05, 0.1) is 6.54 Å². The largest absolute Gasteiger partial charge is 0.474 e. The van der Waals surface area contributed by atoms with Crippen LogP contribution in [0, 0.1) is 5.82 Å². The van der Waals surface area contributed by atoms with E-state index in [1.54, 1.807) is 4.90 Å². The summed E-state index contributed by atoms with van der Waals surface area (Å²) in [5.41, 5.74) is -0.205. The van der Waals surface area contributed by atoms with Crippen LogP contribution in [-0.2, 0) is 16.1 Å². The molecule has 3 aliphatic rings. The maximum atomic E-state index is 14.2. The molecule has 24 heavy (non-hydrogen) atoms. The van der Waals surface area contributed by atoms with Crippen molar-refractivity contribution < 1.29 is 23.5 Å². The van der Waals surface area contributed by atoms with Gasteiger partial charge in [0, 0.05) is 32.8 Å². The molecule has 2 fully saturated rings. The van der Waals surface area contributed by atoms with Gasteiger partial charge in [-0.15, -0.1) is 0 Å². The minimum Gasteiger partial charge on any atom is -0.474 e. The van der Waals surface area contributed by atoms with Crippen LogP contribution in [0.15, 0.2) is 0 Å². The van der Waals surface area contributed by atoms with Gasteiger partial charge in [-0.1, -0.05) is 0 Å². The highest BCUT2D eigenvalue weighted by Crippen LogP contribution is 2.25. The second kappa shape index (κ2) is 6.04. The van der Waals surface area contributed by atoms with Gasteiger partial charge in [0.2, 0.25) is 11.7 Å². The normalized spacial score (nSPS) is 23.3. The molecule has 0 saturated carbocycles. The van der Waals surface area contributed by atoms with Gasteiger partial charge in [0.15, 0.2) is 5.69 Å². The van der Waals surface area contributed by atoms with Gasteiger partial charge in [0.1, 0.15) is 12.7 Å². The summed E-state index contributed by atoms with van der Waals surface area (Å²) in [7, 11) is 0. The molecule has 0 aliphatic carbocycles. The Kier molecular flexibility index (Phi) is 3.87. The van der Waals surface area contributed by atoms with Gasteiger partial charge in [-0.05, 0) is 12.8 Å². The van der Waals surface area contributed by atoms with Crippen LogP contribution in [0.1, 0.15) is 23.3 Å². The first-order valence-electron chi connectivity index (χ1n) is 8.24. The summed E-state index contributed by atoms with van der Waals surface area (Å²) in [4.78, 5) is 28.0. The summed E-state index contributed by atoms with van der Waals surface area (Å²) in [6.45, 7) is 3.02. The Bertz CT molecular complexity index is 663. The fraction of sp³-hybridized carbons (Fsp3) is 0.667. The first kappa shape index (κ1) is 15.4. The lowest BCUT2D eigenvalue weighted by atomic mass is 10.2. The smallest absolute Gasteiger partial charge is 0.277 e. The van der Waals surface area contributed by atoms with Crippen LogP contribution in [-0.4, -0.2) is 76.9 Å². The highest BCUT2D eigenvalue weighted by molar-refractivity contribution is 5.93. The first-order valence-corrected chi connectivity index (χ1v) is 8.24. The number of carbonyl (C=O) groups is 2. The number of fused-ring (bicyclic) bond motifs is 1. The number of halogens is 1. The number of amides is 2. The second-order valence-corrected chi connectivity index (χ2v) is 6.16. The van der Waals surface area contributed by atoms with Gasteiger partial charge in [0.25, 0.3) is 11.8 Å². The van der Waals surface area contributed by atoms with E-state index in [-0.39, 0.29) is 23.6 Å². The van der Waals surface area contributed by atoms with E-state index in [0.717, 1.165) is 12.8 Å². The van der Waals surface area contributed by atoms with Crippen LogP contribution in [0.4, 0.5) is 4.39 Å². The number of ether oxygens (including phenoxy) is 2. The van der Waals surface area contributed by atoms with Crippen LogP contribution in [0.2, 0.25) is 0 Å².